The normalized spacial score (nSPS) is 25.8. The van der Waals surface area contributed by atoms with Crippen molar-refractivity contribution in [2.75, 3.05) is 0 Å². The van der Waals surface area contributed by atoms with Gasteiger partial charge < -0.3 is 0 Å². The number of rotatable bonds is 2. The third kappa shape index (κ3) is 1.97. The Hall–Kier alpha value is -1.97. The van der Waals surface area contributed by atoms with Crippen molar-refractivity contribution in [2.24, 2.45) is 11.8 Å². The fraction of sp³-hybridized carbons (Fsp3) is 0.333. The lowest BCUT2D eigenvalue weighted by Gasteiger charge is -2.15. The zero-order chi connectivity index (χ0) is 13.4. The van der Waals surface area contributed by atoms with Crippen LogP contribution >= 0.6 is 0 Å². The number of carbonyl (C=O) groups excluding carboxylic acids is 2. The molecule has 0 aromatic heterocycles. The first-order valence-corrected chi connectivity index (χ1v) is 6.42. The first-order chi connectivity index (χ1) is 9.18. The Kier molecular flexibility index (Phi) is 2.93. The highest BCUT2D eigenvalue weighted by molar-refractivity contribution is 6.05. The average Bonchev–Trinajstić information content (AvgIpc) is 2.67. The van der Waals surface area contributed by atoms with Crippen molar-refractivity contribution in [3.05, 3.63) is 47.8 Å². The number of halogens is 1. The van der Waals surface area contributed by atoms with E-state index in [1.54, 1.807) is 18.2 Å². The van der Waals surface area contributed by atoms with Gasteiger partial charge in [0.15, 0.2) is 0 Å². The van der Waals surface area contributed by atoms with Crippen LogP contribution in [0.1, 0.15) is 18.4 Å². The lowest BCUT2D eigenvalue weighted by Crippen LogP contribution is -2.30. The summed E-state index contributed by atoms with van der Waals surface area (Å²) in [6.07, 6.45) is 5.11. The molecule has 0 saturated carbocycles. The molecule has 1 heterocycles. The van der Waals surface area contributed by atoms with E-state index in [1.165, 1.54) is 11.0 Å². The molecule has 1 fully saturated rings. The van der Waals surface area contributed by atoms with Crippen molar-refractivity contribution < 1.29 is 14.0 Å². The van der Waals surface area contributed by atoms with Crippen LogP contribution in [0.4, 0.5) is 4.39 Å². The second kappa shape index (κ2) is 4.61. The minimum absolute atomic E-state index is 0.0390. The van der Waals surface area contributed by atoms with Crippen LogP contribution in [0.15, 0.2) is 36.4 Å². The van der Waals surface area contributed by atoms with Crippen molar-refractivity contribution in [1.82, 2.24) is 4.90 Å². The first kappa shape index (κ1) is 12.1. The SMILES string of the molecule is O=C1[C@H]2CC=CC[C@@H]2C(=O)N1Cc1ccccc1F. The summed E-state index contributed by atoms with van der Waals surface area (Å²) in [5.74, 6) is -1.20. The lowest BCUT2D eigenvalue weighted by atomic mass is 9.85. The number of imide groups is 1. The second-order valence-corrected chi connectivity index (χ2v) is 5.01. The van der Waals surface area contributed by atoms with Gasteiger partial charge in [-0.3, -0.25) is 14.5 Å². The van der Waals surface area contributed by atoms with E-state index in [-0.39, 0.29) is 36.0 Å². The Morgan fingerprint density at radius 3 is 2.21 bits per heavy atom. The zero-order valence-corrected chi connectivity index (χ0v) is 10.4. The van der Waals surface area contributed by atoms with Crippen LogP contribution in [-0.4, -0.2) is 16.7 Å². The fourth-order valence-corrected chi connectivity index (χ4v) is 2.82. The molecule has 1 aromatic carbocycles. The van der Waals surface area contributed by atoms with Crippen molar-refractivity contribution in [1.29, 1.82) is 0 Å². The summed E-state index contributed by atoms with van der Waals surface area (Å²) >= 11 is 0. The molecule has 0 unspecified atom stereocenters. The average molecular weight is 259 g/mol. The number of benzene rings is 1. The number of nitrogens with zero attached hydrogens (tertiary/aromatic N) is 1. The summed E-state index contributed by atoms with van der Waals surface area (Å²) in [5, 5.41) is 0. The number of amides is 2. The maximum atomic E-state index is 13.6. The molecular weight excluding hydrogens is 245 g/mol. The lowest BCUT2D eigenvalue weighted by molar-refractivity contribution is -0.140. The van der Waals surface area contributed by atoms with Gasteiger partial charge in [0, 0.05) is 5.56 Å². The standard InChI is InChI=1S/C15H14FNO2/c16-13-8-4-1-5-10(13)9-17-14(18)11-6-2-3-7-12(11)15(17)19/h1-5,8,11-12H,6-7,9H2/t11-,12-/m0/s1. The molecule has 0 N–H and O–H groups in total. The van der Waals surface area contributed by atoms with E-state index in [4.69, 9.17) is 0 Å². The number of carbonyl (C=O) groups is 2. The van der Waals surface area contributed by atoms with Crippen LogP contribution in [0.2, 0.25) is 0 Å². The van der Waals surface area contributed by atoms with E-state index < -0.39 is 0 Å². The third-order valence-electron chi connectivity index (χ3n) is 3.89. The van der Waals surface area contributed by atoms with Crippen molar-refractivity contribution in [2.45, 2.75) is 19.4 Å². The maximum Gasteiger partial charge on any atom is 0.233 e. The minimum Gasteiger partial charge on any atom is -0.277 e. The molecule has 98 valence electrons. The fourth-order valence-electron chi connectivity index (χ4n) is 2.82. The highest BCUT2D eigenvalue weighted by atomic mass is 19.1. The van der Waals surface area contributed by atoms with Crippen LogP contribution in [0, 0.1) is 17.7 Å². The maximum absolute atomic E-state index is 13.6. The summed E-state index contributed by atoms with van der Waals surface area (Å²) in [6, 6.07) is 6.25. The van der Waals surface area contributed by atoms with E-state index in [2.05, 4.69) is 0 Å². The molecule has 1 aromatic rings. The molecule has 19 heavy (non-hydrogen) atoms. The van der Waals surface area contributed by atoms with Gasteiger partial charge in [0.1, 0.15) is 5.82 Å². The van der Waals surface area contributed by atoms with Crippen LogP contribution < -0.4 is 0 Å². The molecule has 2 amide bonds. The van der Waals surface area contributed by atoms with Gasteiger partial charge in [-0.2, -0.15) is 0 Å². The monoisotopic (exact) mass is 259 g/mol. The summed E-state index contributed by atoms with van der Waals surface area (Å²) < 4.78 is 13.6. The Morgan fingerprint density at radius 1 is 1.05 bits per heavy atom. The van der Waals surface area contributed by atoms with Gasteiger partial charge in [-0.25, -0.2) is 4.39 Å². The van der Waals surface area contributed by atoms with Crippen LogP contribution in [0.25, 0.3) is 0 Å². The highest BCUT2D eigenvalue weighted by Crippen LogP contribution is 2.35. The zero-order valence-electron chi connectivity index (χ0n) is 10.4. The van der Waals surface area contributed by atoms with Gasteiger partial charge in [-0.15, -0.1) is 0 Å². The van der Waals surface area contributed by atoms with E-state index >= 15 is 0 Å². The molecule has 1 aliphatic heterocycles. The number of allylic oxidation sites excluding steroid dienone is 2. The predicted octanol–water partition coefficient (Wildman–Crippen LogP) is 2.28. The Balaban J connectivity index is 1.85. The van der Waals surface area contributed by atoms with Gasteiger partial charge in [-0.1, -0.05) is 30.4 Å². The van der Waals surface area contributed by atoms with Crippen LogP contribution in [-0.2, 0) is 16.1 Å². The Bertz CT molecular complexity index is 541. The second-order valence-electron chi connectivity index (χ2n) is 5.01. The molecule has 0 spiro atoms. The molecule has 3 rings (SSSR count). The molecule has 0 bridgehead atoms. The van der Waals surface area contributed by atoms with E-state index in [9.17, 15) is 14.0 Å². The summed E-state index contributed by atoms with van der Waals surface area (Å²) in [4.78, 5) is 25.6. The first-order valence-electron chi connectivity index (χ1n) is 6.42. The molecule has 3 nitrogen and oxygen atoms in total. The molecule has 2 atom stereocenters. The van der Waals surface area contributed by atoms with E-state index in [0.717, 1.165) is 0 Å². The van der Waals surface area contributed by atoms with Gasteiger partial charge in [0.2, 0.25) is 11.8 Å². The summed E-state index contributed by atoms with van der Waals surface area (Å²) in [7, 11) is 0. The summed E-state index contributed by atoms with van der Waals surface area (Å²) in [5.41, 5.74) is 0.385. The number of likely N-dealkylation sites (tertiary alicyclic amines) is 1. The largest absolute Gasteiger partial charge is 0.277 e. The van der Waals surface area contributed by atoms with E-state index in [1.807, 2.05) is 12.2 Å². The predicted molar refractivity (Wildman–Crippen MR) is 67.3 cm³/mol. The molecular formula is C15H14FNO2. The van der Waals surface area contributed by atoms with Gasteiger partial charge in [-0.05, 0) is 18.9 Å². The van der Waals surface area contributed by atoms with Gasteiger partial charge in [0.25, 0.3) is 0 Å². The smallest absolute Gasteiger partial charge is 0.233 e. The molecule has 1 saturated heterocycles. The number of fused-ring (bicyclic) bond motifs is 1. The van der Waals surface area contributed by atoms with Crippen LogP contribution in [0.5, 0.6) is 0 Å². The Labute approximate surface area is 110 Å². The van der Waals surface area contributed by atoms with Crippen molar-refractivity contribution in [3.63, 3.8) is 0 Å². The van der Waals surface area contributed by atoms with Crippen LogP contribution in [0.3, 0.4) is 0 Å². The minimum atomic E-state index is -0.379. The van der Waals surface area contributed by atoms with Crippen molar-refractivity contribution >= 4 is 11.8 Å². The highest BCUT2D eigenvalue weighted by Gasteiger charge is 2.47. The molecule has 4 heteroatoms. The number of hydrogen-bond donors (Lipinski definition) is 0. The molecule has 1 aliphatic carbocycles. The van der Waals surface area contributed by atoms with Gasteiger partial charge >= 0.3 is 0 Å². The van der Waals surface area contributed by atoms with Crippen molar-refractivity contribution in [3.8, 4) is 0 Å². The quantitative estimate of drug-likeness (QED) is 0.603. The molecule has 2 aliphatic rings. The third-order valence-corrected chi connectivity index (χ3v) is 3.89. The summed E-state index contributed by atoms with van der Waals surface area (Å²) in [6.45, 7) is 0.0390. The topological polar surface area (TPSA) is 37.4 Å². The molecule has 0 radical (unpaired) electrons. The Morgan fingerprint density at radius 2 is 1.63 bits per heavy atom. The number of hydrogen-bond acceptors (Lipinski definition) is 2. The van der Waals surface area contributed by atoms with E-state index in [0.29, 0.717) is 18.4 Å². The van der Waals surface area contributed by atoms with Gasteiger partial charge in [0.05, 0.1) is 18.4 Å².